The maximum absolute atomic E-state index is 12.9. The number of non-ortho nitro benzene ring substituents is 1. The average molecular weight is 399 g/mol. The van der Waals surface area contributed by atoms with E-state index in [9.17, 15) is 14.9 Å². The van der Waals surface area contributed by atoms with Gasteiger partial charge in [-0.25, -0.2) is 5.43 Å². The number of hydrogen-bond acceptors (Lipinski definition) is 5. The van der Waals surface area contributed by atoms with Crippen LogP contribution >= 0.6 is 0 Å². The molecule has 1 amide bonds. The number of aromatic amines is 1. The number of nitrogens with zero attached hydrogens (tertiary/aromatic N) is 3. The molecule has 4 rings (SSSR count). The first-order chi connectivity index (χ1) is 14.5. The maximum atomic E-state index is 12.9. The Morgan fingerprint density at radius 1 is 1.17 bits per heavy atom. The lowest BCUT2D eigenvalue weighted by molar-refractivity contribution is -0.383. The summed E-state index contributed by atoms with van der Waals surface area (Å²) in [6, 6.07) is 16.1. The first kappa shape index (κ1) is 19.0. The number of H-pyrrole nitrogens is 1. The molecule has 2 N–H and O–H groups in total. The molecule has 0 aliphatic rings. The van der Waals surface area contributed by atoms with Crippen molar-refractivity contribution < 1.29 is 9.72 Å². The first-order valence-electron chi connectivity index (χ1n) is 9.14. The number of carbonyl (C=O) groups is 1. The lowest BCUT2D eigenvalue weighted by Crippen LogP contribution is -2.18. The number of amides is 1. The fourth-order valence-electron chi connectivity index (χ4n) is 3.31. The third kappa shape index (κ3) is 3.66. The Morgan fingerprint density at radius 2 is 1.90 bits per heavy atom. The lowest BCUT2D eigenvalue weighted by atomic mass is 10.00. The topological polar surface area (TPSA) is 113 Å². The van der Waals surface area contributed by atoms with Gasteiger partial charge in [0.2, 0.25) is 0 Å². The highest BCUT2D eigenvalue weighted by Gasteiger charge is 2.24. The van der Waals surface area contributed by atoms with Gasteiger partial charge in [-0.2, -0.15) is 5.10 Å². The van der Waals surface area contributed by atoms with Gasteiger partial charge in [-0.3, -0.25) is 19.9 Å². The summed E-state index contributed by atoms with van der Waals surface area (Å²) in [5.41, 5.74) is 5.78. The summed E-state index contributed by atoms with van der Waals surface area (Å²) in [5.74, 6) is -0.498. The van der Waals surface area contributed by atoms with Gasteiger partial charge in [0.1, 0.15) is 11.2 Å². The van der Waals surface area contributed by atoms with Gasteiger partial charge in [0.15, 0.2) is 0 Å². The molecule has 2 aromatic carbocycles. The largest absolute Gasteiger partial charge is 0.344 e. The Hall–Kier alpha value is -4.33. The van der Waals surface area contributed by atoms with Gasteiger partial charge < -0.3 is 4.98 Å². The van der Waals surface area contributed by atoms with Crippen LogP contribution in [-0.2, 0) is 0 Å². The molecule has 8 nitrogen and oxygen atoms in total. The highest BCUT2D eigenvalue weighted by molar-refractivity contribution is 6.11. The molecule has 0 aliphatic carbocycles. The smallest absolute Gasteiger partial charge is 0.293 e. The van der Waals surface area contributed by atoms with Crippen LogP contribution in [0.5, 0.6) is 0 Å². The molecule has 0 aliphatic heterocycles. The summed E-state index contributed by atoms with van der Waals surface area (Å²) in [6.45, 7) is 1.78. The number of nitro benzene ring substituents is 1. The summed E-state index contributed by atoms with van der Waals surface area (Å²) in [6.07, 6.45) is 4.74. The molecule has 0 saturated carbocycles. The van der Waals surface area contributed by atoms with E-state index in [4.69, 9.17) is 0 Å². The number of hydrazone groups is 1. The van der Waals surface area contributed by atoms with E-state index in [-0.39, 0.29) is 11.4 Å². The van der Waals surface area contributed by atoms with Crippen molar-refractivity contribution in [3.05, 3.63) is 93.9 Å². The third-order valence-electron chi connectivity index (χ3n) is 4.60. The molecule has 2 aromatic heterocycles. The minimum absolute atomic E-state index is 0.0819. The van der Waals surface area contributed by atoms with Crippen molar-refractivity contribution >= 4 is 28.7 Å². The van der Waals surface area contributed by atoms with E-state index in [0.717, 1.165) is 16.7 Å². The Labute approximate surface area is 171 Å². The number of nitro groups is 1. The van der Waals surface area contributed by atoms with Crippen LogP contribution in [0, 0.1) is 17.0 Å². The van der Waals surface area contributed by atoms with Gasteiger partial charge in [0.05, 0.1) is 11.1 Å². The molecule has 30 heavy (non-hydrogen) atoms. The van der Waals surface area contributed by atoms with E-state index in [2.05, 4.69) is 20.5 Å². The van der Waals surface area contributed by atoms with Crippen LogP contribution in [0.2, 0.25) is 0 Å². The Balaban J connectivity index is 1.82. The van der Waals surface area contributed by atoms with E-state index in [1.165, 1.54) is 12.3 Å². The molecule has 0 atom stereocenters. The molecule has 0 fully saturated rings. The summed E-state index contributed by atoms with van der Waals surface area (Å²) < 4.78 is 0. The fourth-order valence-corrected chi connectivity index (χ4v) is 3.31. The van der Waals surface area contributed by atoms with Crippen molar-refractivity contribution in [3.8, 4) is 11.1 Å². The Bertz CT molecular complexity index is 1260. The zero-order chi connectivity index (χ0) is 21.1. The SMILES string of the molecule is Cc1cc([N+](=O)[O-])c2[nH]c(C(=O)N/N=C\c3ccncc3)c(-c3ccccc3)c2c1. The highest BCUT2D eigenvalue weighted by Crippen LogP contribution is 2.37. The number of carbonyl (C=O) groups excluding carboxylic acids is 1. The molecule has 0 radical (unpaired) electrons. The number of benzene rings is 2. The first-order valence-corrected chi connectivity index (χ1v) is 9.14. The minimum Gasteiger partial charge on any atom is -0.344 e. The van der Waals surface area contributed by atoms with Crippen molar-refractivity contribution in [3.63, 3.8) is 0 Å². The quantitative estimate of drug-likeness (QED) is 0.297. The molecule has 0 spiro atoms. The van der Waals surface area contributed by atoms with Gasteiger partial charge in [-0.05, 0) is 41.8 Å². The molecular weight excluding hydrogens is 382 g/mol. The van der Waals surface area contributed by atoms with E-state index >= 15 is 0 Å². The van der Waals surface area contributed by atoms with Crippen molar-refractivity contribution in [2.24, 2.45) is 5.10 Å². The molecule has 2 heterocycles. The highest BCUT2D eigenvalue weighted by atomic mass is 16.6. The van der Waals surface area contributed by atoms with Crippen LogP contribution in [0.15, 0.2) is 72.1 Å². The van der Waals surface area contributed by atoms with Crippen molar-refractivity contribution in [1.82, 2.24) is 15.4 Å². The third-order valence-corrected chi connectivity index (χ3v) is 4.60. The Kier molecular flexibility index (Phi) is 5.04. The van der Waals surface area contributed by atoms with Crippen LogP contribution in [0.4, 0.5) is 5.69 Å². The number of fused-ring (bicyclic) bond motifs is 1. The van der Waals surface area contributed by atoms with Crippen LogP contribution in [0.25, 0.3) is 22.0 Å². The van der Waals surface area contributed by atoms with Crippen LogP contribution in [0.3, 0.4) is 0 Å². The minimum atomic E-state index is -0.498. The zero-order valence-corrected chi connectivity index (χ0v) is 16.0. The van der Waals surface area contributed by atoms with Crippen LogP contribution in [-0.4, -0.2) is 27.0 Å². The molecular formula is C22H17N5O3. The monoisotopic (exact) mass is 399 g/mol. The molecule has 8 heteroatoms. The number of aromatic nitrogens is 2. The number of hydrogen-bond donors (Lipinski definition) is 2. The summed E-state index contributed by atoms with van der Waals surface area (Å²) >= 11 is 0. The summed E-state index contributed by atoms with van der Waals surface area (Å²) in [5, 5.41) is 16.2. The van der Waals surface area contributed by atoms with Crippen molar-refractivity contribution in [2.45, 2.75) is 6.92 Å². The second-order valence-electron chi connectivity index (χ2n) is 6.68. The molecule has 148 valence electrons. The van der Waals surface area contributed by atoms with Gasteiger partial charge >= 0.3 is 0 Å². The zero-order valence-electron chi connectivity index (χ0n) is 16.0. The van der Waals surface area contributed by atoms with Crippen molar-refractivity contribution in [1.29, 1.82) is 0 Å². The summed E-state index contributed by atoms with van der Waals surface area (Å²) in [4.78, 5) is 30.9. The Morgan fingerprint density at radius 3 is 2.60 bits per heavy atom. The summed E-state index contributed by atoms with van der Waals surface area (Å²) in [7, 11) is 0. The van der Waals surface area contributed by atoms with Crippen molar-refractivity contribution in [2.75, 3.05) is 0 Å². The molecule has 0 unspecified atom stereocenters. The molecule has 4 aromatic rings. The van der Waals surface area contributed by atoms with Gasteiger partial charge in [0, 0.05) is 29.4 Å². The predicted octanol–water partition coefficient (Wildman–Crippen LogP) is 4.21. The second kappa shape index (κ2) is 7.96. The van der Waals surface area contributed by atoms with Gasteiger partial charge in [-0.1, -0.05) is 30.3 Å². The van der Waals surface area contributed by atoms with E-state index < -0.39 is 10.8 Å². The molecule has 0 bridgehead atoms. The van der Waals surface area contributed by atoms with E-state index in [0.29, 0.717) is 16.5 Å². The fraction of sp³-hybridized carbons (Fsp3) is 0.0455. The van der Waals surface area contributed by atoms with Gasteiger partial charge in [0.25, 0.3) is 11.6 Å². The number of nitrogens with one attached hydrogen (secondary N) is 2. The standard InChI is InChI=1S/C22H17N5O3/c1-14-11-17-19(16-5-3-2-4-6-16)21(25-20(17)18(12-14)27(29)30)22(28)26-24-13-15-7-9-23-10-8-15/h2-13,25H,1H3,(H,26,28)/b24-13-. The van der Waals surface area contributed by atoms with Crippen LogP contribution in [0.1, 0.15) is 21.6 Å². The second-order valence-corrected chi connectivity index (χ2v) is 6.68. The number of pyridine rings is 1. The van der Waals surface area contributed by atoms with Gasteiger partial charge in [-0.15, -0.1) is 0 Å². The van der Waals surface area contributed by atoms with Crippen LogP contribution < -0.4 is 5.43 Å². The number of rotatable bonds is 5. The maximum Gasteiger partial charge on any atom is 0.293 e. The average Bonchev–Trinajstić information content (AvgIpc) is 3.13. The predicted molar refractivity (Wildman–Crippen MR) is 114 cm³/mol. The lowest BCUT2D eigenvalue weighted by Gasteiger charge is -2.04. The normalized spacial score (nSPS) is 11.1. The van der Waals surface area contributed by atoms with E-state index in [1.54, 1.807) is 31.5 Å². The van der Waals surface area contributed by atoms with E-state index in [1.807, 2.05) is 36.4 Å². The number of aryl methyl sites for hydroxylation is 1. The molecule has 0 saturated heterocycles.